The first-order valence-electron chi connectivity index (χ1n) is 11.9. The van der Waals surface area contributed by atoms with E-state index in [1.54, 1.807) is 28.5 Å². The smallest absolute Gasteiger partial charge is 0.258 e. The molecule has 2 N–H and O–H groups in total. The molecule has 2 aliphatic rings. The summed E-state index contributed by atoms with van der Waals surface area (Å²) < 4.78 is 43.6. The van der Waals surface area contributed by atoms with Gasteiger partial charge in [0.25, 0.3) is 5.56 Å². The number of nitrogens with one attached hydrogen (secondary N) is 1. The molecule has 1 amide bonds. The largest absolute Gasteiger partial charge is 0.396 e. The fourth-order valence-electron chi connectivity index (χ4n) is 5.77. The second-order valence-corrected chi connectivity index (χ2v) is 9.30. The number of likely N-dealkylation sites (N-methyl/N-ethyl adjacent to an activating group) is 1. The highest BCUT2D eigenvalue weighted by Crippen LogP contribution is 2.50. The highest BCUT2D eigenvalue weighted by atomic mass is 19.1. The molecule has 2 aromatic carbocycles. The molecule has 1 aromatic heterocycles. The van der Waals surface area contributed by atoms with Gasteiger partial charge in [0.2, 0.25) is 5.91 Å². The standard InChI is InChI=1S/C27H26F3N3O3/c1-2-31-26(35)25-21(14-34)20-13-32-23(10-8-19(27(32)36)15-3-5-17(28)6-4-15)24(20)33(25)12-16-11-18(29)7-9-22(16)30/h3-11,20-21,24-25,34H,2,12-14H2,1H3,(H,31,35)/t20-,21-,24+,25-/m0/s1. The Morgan fingerprint density at radius 1 is 1.06 bits per heavy atom. The van der Waals surface area contributed by atoms with Crippen LogP contribution in [0.2, 0.25) is 0 Å². The summed E-state index contributed by atoms with van der Waals surface area (Å²) in [6.45, 7) is 2.04. The first-order chi connectivity index (χ1) is 17.3. The minimum absolute atomic E-state index is 0.0725. The monoisotopic (exact) mass is 497 g/mol. The van der Waals surface area contributed by atoms with Crippen LogP contribution in [0.4, 0.5) is 13.2 Å². The molecule has 3 heterocycles. The Morgan fingerprint density at radius 3 is 2.47 bits per heavy atom. The number of nitrogens with zero attached hydrogens (tertiary/aromatic N) is 2. The number of aliphatic hydroxyl groups is 1. The van der Waals surface area contributed by atoms with Crippen molar-refractivity contribution in [3.8, 4) is 11.1 Å². The lowest BCUT2D eigenvalue weighted by Gasteiger charge is -2.31. The number of likely N-dealkylation sites (tertiary alicyclic amines) is 1. The normalized spacial score (nSPS) is 22.9. The van der Waals surface area contributed by atoms with E-state index >= 15 is 0 Å². The summed E-state index contributed by atoms with van der Waals surface area (Å²) in [5, 5.41) is 13.1. The van der Waals surface area contributed by atoms with Crippen molar-refractivity contribution < 1.29 is 23.1 Å². The van der Waals surface area contributed by atoms with E-state index in [1.165, 1.54) is 24.3 Å². The molecule has 1 fully saturated rings. The Balaban J connectivity index is 1.60. The van der Waals surface area contributed by atoms with Gasteiger partial charge in [-0.2, -0.15) is 0 Å². The molecule has 4 atom stereocenters. The van der Waals surface area contributed by atoms with Crippen LogP contribution in [0.25, 0.3) is 11.1 Å². The van der Waals surface area contributed by atoms with Gasteiger partial charge in [-0.05, 0) is 55.0 Å². The van der Waals surface area contributed by atoms with E-state index in [0.29, 0.717) is 23.4 Å². The topological polar surface area (TPSA) is 74.6 Å². The molecule has 36 heavy (non-hydrogen) atoms. The summed E-state index contributed by atoms with van der Waals surface area (Å²) >= 11 is 0. The van der Waals surface area contributed by atoms with E-state index in [0.717, 1.165) is 18.2 Å². The Morgan fingerprint density at radius 2 is 1.78 bits per heavy atom. The average molecular weight is 498 g/mol. The Bertz CT molecular complexity index is 1360. The lowest BCUT2D eigenvalue weighted by molar-refractivity contribution is -0.127. The zero-order chi connectivity index (χ0) is 25.6. The summed E-state index contributed by atoms with van der Waals surface area (Å²) in [4.78, 5) is 28.3. The molecule has 2 aliphatic heterocycles. The van der Waals surface area contributed by atoms with Gasteiger partial charge in [-0.1, -0.05) is 12.1 Å². The fourth-order valence-corrected chi connectivity index (χ4v) is 5.77. The van der Waals surface area contributed by atoms with E-state index in [4.69, 9.17) is 0 Å². The van der Waals surface area contributed by atoms with Crippen LogP contribution in [-0.2, 0) is 17.9 Å². The van der Waals surface area contributed by atoms with Crippen molar-refractivity contribution >= 4 is 5.91 Å². The zero-order valence-corrected chi connectivity index (χ0v) is 19.6. The maximum absolute atomic E-state index is 14.6. The minimum Gasteiger partial charge on any atom is -0.396 e. The molecule has 1 saturated heterocycles. The third-order valence-electron chi connectivity index (χ3n) is 7.33. The molecule has 0 unspecified atom stereocenters. The Hall–Kier alpha value is -3.43. The summed E-state index contributed by atoms with van der Waals surface area (Å²) in [6.07, 6.45) is 0. The van der Waals surface area contributed by atoms with Gasteiger partial charge in [-0.25, -0.2) is 13.2 Å². The van der Waals surface area contributed by atoms with Gasteiger partial charge in [0.1, 0.15) is 17.5 Å². The maximum atomic E-state index is 14.6. The second kappa shape index (κ2) is 9.55. The number of carbonyl (C=O) groups excluding carboxylic acids is 1. The number of aromatic nitrogens is 1. The first kappa shape index (κ1) is 24.3. The van der Waals surface area contributed by atoms with Crippen molar-refractivity contribution in [2.75, 3.05) is 13.2 Å². The van der Waals surface area contributed by atoms with Gasteiger partial charge in [0.05, 0.1) is 12.1 Å². The number of pyridine rings is 1. The number of halogens is 3. The molecule has 0 radical (unpaired) electrons. The molecule has 0 saturated carbocycles. The lowest BCUT2D eigenvalue weighted by atomic mass is 9.88. The number of aliphatic hydroxyl groups excluding tert-OH is 1. The van der Waals surface area contributed by atoms with Crippen LogP contribution in [0.5, 0.6) is 0 Å². The van der Waals surface area contributed by atoms with E-state index in [-0.39, 0.29) is 42.6 Å². The van der Waals surface area contributed by atoms with E-state index in [9.17, 15) is 27.9 Å². The number of carbonyl (C=O) groups is 1. The van der Waals surface area contributed by atoms with Crippen molar-refractivity contribution in [3.63, 3.8) is 0 Å². The molecule has 0 aliphatic carbocycles. The van der Waals surface area contributed by atoms with Gasteiger partial charge in [-0.3, -0.25) is 14.5 Å². The van der Waals surface area contributed by atoms with Crippen LogP contribution in [0.3, 0.4) is 0 Å². The van der Waals surface area contributed by atoms with Crippen molar-refractivity contribution in [2.45, 2.75) is 32.1 Å². The van der Waals surface area contributed by atoms with Crippen molar-refractivity contribution in [3.05, 3.63) is 93.7 Å². The van der Waals surface area contributed by atoms with Crippen LogP contribution in [-0.4, -0.2) is 39.7 Å². The molecule has 0 bridgehead atoms. The van der Waals surface area contributed by atoms with Gasteiger partial charge < -0.3 is 15.0 Å². The van der Waals surface area contributed by atoms with Crippen LogP contribution in [0.1, 0.15) is 24.2 Å². The number of hydrogen-bond donors (Lipinski definition) is 2. The molecule has 188 valence electrons. The van der Waals surface area contributed by atoms with Gasteiger partial charge in [0, 0.05) is 54.9 Å². The number of hydrogen-bond acceptors (Lipinski definition) is 4. The Kier molecular flexibility index (Phi) is 6.44. The summed E-state index contributed by atoms with van der Waals surface area (Å²) in [6, 6.07) is 11.0. The molecular formula is C27H26F3N3O3. The molecule has 6 nitrogen and oxygen atoms in total. The van der Waals surface area contributed by atoms with E-state index in [1.807, 2.05) is 0 Å². The third-order valence-corrected chi connectivity index (χ3v) is 7.33. The van der Waals surface area contributed by atoms with Gasteiger partial charge in [-0.15, -0.1) is 0 Å². The number of amides is 1. The molecule has 5 rings (SSSR count). The molecular weight excluding hydrogens is 471 g/mol. The summed E-state index contributed by atoms with van der Waals surface area (Å²) in [5.74, 6) is -2.72. The SMILES string of the molecule is CCNC(=O)[C@@H]1[C@@H](CO)[C@@H]2Cn3c(ccc(-c4ccc(F)cc4)c3=O)[C@@H]2N1Cc1cc(F)ccc1F. The van der Waals surface area contributed by atoms with Crippen LogP contribution in [0, 0.1) is 29.3 Å². The summed E-state index contributed by atoms with van der Waals surface area (Å²) in [5.41, 5.74) is 1.44. The van der Waals surface area contributed by atoms with Crippen LogP contribution >= 0.6 is 0 Å². The molecule has 3 aromatic rings. The minimum atomic E-state index is -0.784. The second-order valence-electron chi connectivity index (χ2n) is 9.30. The van der Waals surface area contributed by atoms with Crippen molar-refractivity contribution in [1.29, 1.82) is 0 Å². The number of fused-ring (bicyclic) bond motifs is 3. The fraction of sp³-hybridized carbons (Fsp3) is 0.333. The highest BCUT2D eigenvalue weighted by Gasteiger charge is 2.55. The maximum Gasteiger partial charge on any atom is 0.258 e. The van der Waals surface area contributed by atoms with E-state index in [2.05, 4.69) is 5.32 Å². The average Bonchev–Trinajstić information content (AvgIpc) is 3.38. The quantitative estimate of drug-likeness (QED) is 0.549. The first-order valence-corrected chi connectivity index (χ1v) is 11.9. The molecule has 0 spiro atoms. The Labute approximate surface area is 206 Å². The number of rotatable bonds is 6. The number of benzene rings is 2. The predicted octanol–water partition coefficient (Wildman–Crippen LogP) is 3.23. The zero-order valence-electron chi connectivity index (χ0n) is 19.6. The van der Waals surface area contributed by atoms with Crippen molar-refractivity contribution in [2.24, 2.45) is 11.8 Å². The van der Waals surface area contributed by atoms with Crippen molar-refractivity contribution in [1.82, 2.24) is 14.8 Å². The van der Waals surface area contributed by atoms with Crippen LogP contribution < -0.4 is 10.9 Å². The predicted molar refractivity (Wildman–Crippen MR) is 127 cm³/mol. The third kappa shape index (κ3) is 4.02. The highest BCUT2D eigenvalue weighted by molar-refractivity contribution is 5.82. The van der Waals surface area contributed by atoms with Gasteiger partial charge in [0.15, 0.2) is 0 Å². The van der Waals surface area contributed by atoms with E-state index < -0.39 is 35.5 Å². The molecule has 9 heteroatoms. The lowest BCUT2D eigenvalue weighted by Crippen LogP contribution is -2.48. The summed E-state index contributed by atoms with van der Waals surface area (Å²) in [7, 11) is 0. The van der Waals surface area contributed by atoms with Gasteiger partial charge >= 0.3 is 0 Å². The van der Waals surface area contributed by atoms with Crippen LogP contribution in [0.15, 0.2) is 59.4 Å².